The minimum Gasteiger partial charge on any atom is -0.496 e. The molecule has 0 aliphatic rings. The van der Waals surface area contributed by atoms with E-state index in [4.69, 9.17) is 16.3 Å². The van der Waals surface area contributed by atoms with Crippen LogP contribution >= 0.6 is 11.6 Å². The molecule has 0 spiro atoms. The van der Waals surface area contributed by atoms with Crippen LogP contribution in [0.2, 0.25) is 5.02 Å². The van der Waals surface area contributed by atoms with Crippen LogP contribution in [-0.4, -0.2) is 28.0 Å². The molecule has 0 radical (unpaired) electrons. The van der Waals surface area contributed by atoms with E-state index in [0.717, 1.165) is 26.7 Å². The number of nitrogens with one attached hydrogen (secondary N) is 1. The second-order valence-corrected chi connectivity index (χ2v) is 11.4. The maximum atomic E-state index is 13.6. The van der Waals surface area contributed by atoms with Crippen LogP contribution in [-0.2, 0) is 14.8 Å². The van der Waals surface area contributed by atoms with Crippen LogP contribution in [0.4, 0.5) is 5.69 Å². The number of ether oxygens (including phenoxy) is 1. The van der Waals surface area contributed by atoms with Gasteiger partial charge in [0.25, 0.3) is 10.0 Å². The first-order chi connectivity index (χ1) is 16.9. The van der Waals surface area contributed by atoms with Gasteiger partial charge in [-0.25, -0.2) is 8.42 Å². The van der Waals surface area contributed by atoms with Crippen LogP contribution in [0.3, 0.4) is 0 Å². The molecule has 3 aromatic rings. The third-order valence-corrected chi connectivity index (χ3v) is 8.15. The van der Waals surface area contributed by atoms with Gasteiger partial charge in [-0.3, -0.25) is 9.10 Å². The highest BCUT2D eigenvalue weighted by Gasteiger charge is 2.29. The normalized spacial score (nSPS) is 12.3. The fraction of sp³-hybridized carbons (Fsp3) is 0.321. The summed E-state index contributed by atoms with van der Waals surface area (Å²) >= 11 is 6.21. The number of hydrogen-bond donors (Lipinski definition) is 1. The minimum atomic E-state index is -4.03. The summed E-state index contributed by atoms with van der Waals surface area (Å²) in [6, 6.07) is 16.7. The molecule has 0 aromatic heterocycles. The first-order valence-corrected chi connectivity index (χ1v) is 13.6. The summed E-state index contributed by atoms with van der Waals surface area (Å²) < 4.78 is 33.9. The van der Waals surface area contributed by atoms with Gasteiger partial charge in [0, 0.05) is 5.02 Å². The van der Waals surface area contributed by atoms with Gasteiger partial charge >= 0.3 is 0 Å². The molecule has 0 aliphatic carbocycles. The molecular formula is C28H33ClN2O4S. The Kier molecular flexibility index (Phi) is 8.69. The molecule has 0 saturated heterocycles. The maximum Gasteiger partial charge on any atom is 0.264 e. The van der Waals surface area contributed by atoms with Crippen molar-refractivity contribution < 1.29 is 17.9 Å². The number of aryl methyl sites for hydroxylation is 2. The van der Waals surface area contributed by atoms with Crippen LogP contribution in [0.15, 0.2) is 65.6 Å². The molecule has 0 saturated carbocycles. The largest absolute Gasteiger partial charge is 0.496 e. The number of methoxy groups -OCH3 is 1. The molecule has 1 N–H and O–H groups in total. The van der Waals surface area contributed by atoms with E-state index in [9.17, 15) is 13.2 Å². The van der Waals surface area contributed by atoms with Crippen LogP contribution in [0.1, 0.15) is 55.0 Å². The van der Waals surface area contributed by atoms with Gasteiger partial charge in [0.1, 0.15) is 12.3 Å². The average Bonchev–Trinajstić information content (AvgIpc) is 2.84. The van der Waals surface area contributed by atoms with Crippen molar-refractivity contribution in [1.29, 1.82) is 0 Å². The van der Waals surface area contributed by atoms with Crippen molar-refractivity contribution in [2.45, 2.75) is 51.5 Å². The number of hydrogen-bond acceptors (Lipinski definition) is 4. The Bertz CT molecular complexity index is 1340. The lowest BCUT2D eigenvalue weighted by Crippen LogP contribution is -2.42. The molecule has 3 rings (SSSR count). The van der Waals surface area contributed by atoms with E-state index in [1.54, 1.807) is 50.4 Å². The Morgan fingerprint density at radius 2 is 1.64 bits per heavy atom. The summed E-state index contributed by atoms with van der Waals surface area (Å²) in [7, 11) is -2.38. The number of sulfonamides is 1. The average molecular weight is 529 g/mol. The summed E-state index contributed by atoms with van der Waals surface area (Å²) in [5, 5.41) is 3.36. The molecule has 0 bridgehead atoms. The van der Waals surface area contributed by atoms with Crippen molar-refractivity contribution in [3.8, 4) is 5.75 Å². The lowest BCUT2D eigenvalue weighted by atomic mass is 9.93. The fourth-order valence-electron chi connectivity index (χ4n) is 4.18. The highest BCUT2D eigenvalue weighted by Crippen LogP contribution is 2.33. The van der Waals surface area contributed by atoms with Gasteiger partial charge in [-0.05, 0) is 85.3 Å². The molecule has 0 unspecified atom stereocenters. The Morgan fingerprint density at radius 3 is 2.25 bits per heavy atom. The zero-order valence-corrected chi connectivity index (χ0v) is 23.1. The molecule has 0 heterocycles. The Hall–Kier alpha value is -3.03. The number of benzene rings is 3. The second kappa shape index (κ2) is 11.4. The number of carbonyl (C=O) groups is 1. The van der Waals surface area contributed by atoms with Crippen molar-refractivity contribution in [2.75, 3.05) is 18.0 Å². The number of amides is 1. The predicted octanol–water partition coefficient (Wildman–Crippen LogP) is 6.16. The Balaban J connectivity index is 1.95. The van der Waals surface area contributed by atoms with Gasteiger partial charge in [0.2, 0.25) is 5.91 Å². The smallest absolute Gasteiger partial charge is 0.264 e. The lowest BCUT2D eigenvalue weighted by molar-refractivity contribution is -0.120. The molecule has 0 fully saturated rings. The fourth-order valence-corrected chi connectivity index (χ4v) is 5.84. The molecule has 192 valence electrons. The van der Waals surface area contributed by atoms with E-state index >= 15 is 0 Å². The minimum absolute atomic E-state index is 0.0952. The monoisotopic (exact) mass is 528 g/mol. The van der Waals surface area contributed by atoms with Crippen LogP contribution in [0.5, 0.6) is 5.75 Å². The van der Waals surface area contributed by atoms with E-state index in [-0.39, 0.29) is 16.9 Å². The molecule has 1 atom stereocenters. The third-order valence-electron chi connectivity index (χ3n) is 6.14. The van der Waals surface area contributed by atoms with E-state index in [2.05, 4.69) is 19.2 Å². The highest BCUT2D eigenvalue weighted by molar-refractivity contribution is 7.92. The Labute approximate surface area is 219 Å². The maximum absolute atomic E-state index is 13.6. The van der Waals surface area contributed by atoms with Crippen LogP contribution in [0.25, 0.3) is 0 Å². The summed E-state index contributed by atoms with van der Waals surface area (Å²) in [6.45, 7) is 9.41. The summed E-state index contributed by atoms with van der Waals surface area (Å²) in [4.78, 5) is 13.4. The summed E-state index contributed by atoms with van der Waals surface area (Å²) in [6.07, 6.45) is 0. The van der Waals surface area contributed by atoms with E-state index in [1.165, 1.54) is 12.1 Å². The number of anilines is 1. The van der Waals surface area contributed by atoms with Crippen molar-refractivity contribution in [1.82, 2.24) is 5.32 Å². The third kappa shape index (κ3) is 6.02. The molecule has 8 heteroatoms. The number of halogens is 1. The zero-order chi connectivity index (χ0) is 26.6. The van der Waals surface area contributed by atoms with Crippen LogP contribution < -0.4 is 14.4 Å². The Morgan fingerprint density at radius 1 is 0.972 bits per heavy atom. The highest BCUT2D eigenvalue weighted by atomic mass is 35.5. The first kappa shape index (κ1) is 27.6. The number of carbonyl (C=O) groups excluding carboxylic acids is 1. The number of rotatable bonds is 9. The molecule has 36 heavy (non-hydrogen) atoms. The van der Waals surface area contributed by atoms with Crippen molar-refractivity contribution in [3.63, 3.8) is 0 Å². The topological polar surface area (TPSA) is 75.7 Å². The summed E-state index contributed by atoms with van der Waals surface area (Å²) in [5.74, 6) is 0.614. The second-order valence-electron chi connectivity index (χ2n) is 9.15. The van der Waals surface area contributed by atoms with E-state index < -0.39 is 22.5 Å². The van der Waals surface area contributed by atoms with Gasteiger partial charge in [-0.1, -0.05) is 49.7 Å². The van der Waals surface area contributed by atoms with Gasteiger partial charge in [0.05, 0.1) is 23.7 Å². The predicted molar refractivity (Wildman–Crippen MR) is 146 cm³/mol. The lowest BCUT2D eigenvalue weighted by Gasteiger charge is -2.27. The molecule has 1 amide bonds. The molecular weight excluding hydrogens is 496 g/mol. The van der Waals surface area contributed by atoms with Gasteiger partial charge < -0.3 is 10.1 Å². The van der Waals surface area contributed by atoms with Crippen molar-refractivity contribution >= 4 is 33.2 Å². The molecule has 6 nitrogen and oxygen atoms in total. The zero-order valence-electron chi connectivity index (χ0n) is 21.5. The quantitative estimate of drug-likeness (QED) is 0.361. The summed E-state index contributed by atoms with van der Waals surface area (Å²) in [5.41, 5.74) is 4.01. The van der Waals surface area contributed by atoms with E-state index in [0.29, 0.717) is 16.3 Å². The standard InChI is InChI=1S/C28H33ClN2O4S/c1-18(2)24-16-25(20(4)14-27(24)35-6)21(5)30-28(32)17-31(26-15-22(29)13-12-19(26)3)36(33,34)23-10-8-7-9-11-23/h7-16,18,21H,17H2,1-6H3,(H,30,32)/t21-/m1/s1. The SMILES string of the molecule is COc1cc(C)c([C@@H](C)NC(=O)CN(c2cc(Cl)ccc2C)S(=O)(=O)c2ccccc2)cc1C(C)C. The number of nitrogens with zero attached hydrogens (tertiary/aromatic N) is 1. The molecule has 3 aromatic carbocycles. The van der Waals surface area contributed by atoms with Crippen LogP contribution in [0, 0.1) is 13.8 Å². The van der Waals surface area contributed by atoms with E-state index in [1.807, 2.05) is 26.0 Å². The molecule has 0 aliphatic heterocycles. The van der Waals surface area contributed by atoms with Gasteiger partial charge in [-0.2, -0.15) is 0 Å². The van der Waals surface area contributed by atoms with Crippen molar-refractivity contribution in [2.24, 2.45) is 0 Å². The van der Waals surface area contributed by atoms with Crippen molar-refractivity contribution in [3.05, 3.63) is 87.9 Å². The first-order valence-electron chi connectivity index (χ1n) is 11.8. The van der Waals surface area contributed by atoms with Gasteiger partial charge in [-0.15, -0.1) is 0 Å². The van der Waals surface area contributed by atoms with Gasteiger partial charge in [0.15, 0.2) is 0 Å².